The van der Waals surface area contributed by atoms with Crippen LogP contribution in [0.3, 0.4) is 0 Å². The van der Waals surface area contributed by atoms with Crippen molar-refractivity contribution in [3.8, 4) is 0 Å². The number of ether oxygens (including phenoxy) is 2. The standard InChI is InChI=1S/C63H93N7O12S2/c1-12-39(6)56(49(81-10)35-52(72)69-28-21-26-48(69)57(82-11)40(7)58(74)65-47(63(79)80)30-41-22-17-16-18-23-41)68(9)62(78)54(37(2)3)66-59(75)55(38(4)5)67(8)60(76)42-31-43-33-44(32-42)70-53(73)36-50(61(70)77)84-46-25-20-15-13-14-19-24-45(34-46)83-29-27-51(71)64-43/h16-18,22-23,31-33,37-40,45-50,54-57H,12-15,19-21,24-30,34-36H2,1-11H3,(H,64,71)(H,65,74)(H,66,75)(H,79,80)/t39-,40+,45?,46?,47-,48-,49+,50?,54-,55?,56?,57+/m0/s1. The van der Waals surface area contributed by atoms with Crippen LogP contribution in [0.5, 0.6) is 0 Å². The molecule has 21 heteroatoms. The van der Waals surface area contributed by atoms with Crippen LogP contribution in [0.2, 0.25) is 0 Å². The number of benzene rings is 2. The molecule has 3 fully saturated rings. The monoisotopic (exact) mass is 1200 g/mol. The minimum absolute atomic E-state index is 0.0212. The molecule has 5 unspecified atom stereocenters. The van der Waals surface area contributed by atoms with Crippen LogP contribution in [0.15, 0.2) is 48.5 Å². The Balaban J connectivity index is 1.18. The summed E-state index contributed by atoms with van der Waals surface area (Å²) in [6.45, 7) is 13.2. The summed E-state index contributed by atoms with van der Waals surface area (Å²) in [6, 6.07) is 8.98. The summed E-state index contributed by atoms with van der Waals surface area (Å²) >= 11 is 3.37. The Hall–Kier alpha value is -5.51. The number of carboxylic acids is 1. The van der Waals surface area contributed by atoms with Gasteiger partial charge in [-0.15, -0.1) is 11.8 Å². The van der Waals surface area contributed by atoms with Crippen molar-refractivity contribution in [2.75, 3.05) is 50.8 Å². The van der Waals surface area contributed by atoms with Gasteiger partial charge in [0.15, 0.2) is 0 Å². The number of nitrogens with zero attached hydrogens (tertiary/aromatic N) is 4. The van der Waals surface area contributed by atoms with Gasteiger partial charge in [-0.25, -0.2) is 9.69 Å². The molecule has 6 rings (SSSR count). The van der Waals surface area contributed by atoms with E-state index < -0.39 is 101 Å². The predicted molar refractivity (Wildman–Crippen MR) is 328 cm³/mol. The summed E-state index contributed by atoms with van der Waals surface area (Å²) in [5.41, 5.74) is 1.19. The number of rotatable bonds is 22. The smallest absolute Gasteiger partial charge is 0.326 e. The highest BCUT2D eigenvalue weighted by Crippen LogP contribution is 2.40. The van der Waals surface area contributed by atoms with Crippen LogP contribution in [0.1, 0.15) is 154 Å². The predicted octanol–water partition coefficient (Wildman–Crippen LogP) is 7.97. The second-order valence-electron chi connectivity index (χ2n) is 24.2. The van der Waals surface area contributed by atoms with E-state index in [4.69, 9.17) is 9.47 Å². The molecule has 0 aromatic heterocycles. The van der Waals surface area contributed by atoms with Crippen molar-refractivity contribution >= 4 is 88.1 Å². The number of hydrogen-bond donors (Lipinski definition) is 4. The number of methoxy groups -OCH3 is 2. The maximum atomic E-state index is 15.0. The van der Waals surface area contributed by atoms with E-state index in [-0.39, 0.29) is 71.5 Å². The highest BCUT2D eigenvalue weighted by Gasteiger charge is 2.45. The molecule has 4 N–H and O–H groups in total. The molecule has 0 radical (unpaired) electrons. The van der Waals surface area contributed by atoms with Gasteiger partial charge >= 0.3 is 5.97 Å². The second-order valence-corrected chi connectivity index (χ2v) is 27.1. The fraction of sp³-hybridized carbons (Fsp3) is 0.667. The summed E-state index contributed by atoms with van der Waals surface area (Å²) < 4.78 is 12.0. The van der Waals surface area contributed by atoms with E-state index in [2.05, 4.69) is 16.0 Å². The zero-order valence-corrected chi connectivity index (χ0v) is 52.9. The lowest BCUT2D eigenvalue weighted by Crippen LogP contribution is -2.60. The Morgan fingerprint density at radius 2 is 1.49 bits per heavy atom. The molecular formula is C63H93N7O12S2. The molecular weight excluding hydrogens is 1110 g/mol. The molecule has 3 aliphatic heterocycles. The zero-order valence-electron chi connectivity index (χ0n) is 51.3. The molecule has 1 aliphatic carbocycles. The fourth-order valence-corrected chi connectivity index (χ4v) is 15.7. The average molecular weight is 1200 g/mol. The van der Waals surface area contributed by atoms with Gasteiger partial charge in [0.1, 0.15) is 18.1 Å². The van der Waals surface area contributed by atoms with E-state index in [1.54, 1.807) is 91.5 Å². The second kappa shape index (κ2) is 31.8. The molecule has 464 valence electrons. The van der Waals surface area contributed by atoms with Crippen molar-refractivity contribution < 1.29 is 57.7 Å². The van der Waals surface area contributed by atoms with Crippen LogP contribution in [-0.2, 0) is 54.3 Å². The third-order valence-electron chi connectivity index (χ3n) is 17.5. The first-order valence-electron chi connectivity index (χ1n) is 30.3. The molecule has 19 nitrogen and oxygen atoms in total. The highest BCUT2D eigenvalue weighted by atomic mass is 32.2. The number of fused-ring (bicyclic) bond motifs is 7. The Kier molecular flexibility index (Phi) is 25.6. The molecule has 8 amide bonds. The number of nitrogens with one attached hydrogen (secondary N) is 3. The quantitative estimate of drug-likeness (QED) is 0.0818. The van der Waals surface area contributed by atoms with Gasteiger partial charge in [0, 0.05) is 81.6 Å². The van der Waals surface area contributed by atoms with Crippen LogP contribution < -0.4 is 20.9 Å². The van der Waals surface area contributed by atoms with Crippen LogP contribution in [-0.4, -0.2) is 172 Å². The van der Waals surface area contributed by atoms with Crippen LogP contribution >= 0.6 is 23.5 Å². The number of thioether (sulfide) groups is 2. The normalized spacial score (nSPS) is 22.7. The highest BCUT2D eigenvalue weighted by molar-refractivity contribution is 8.01. The lowest BCUT2D eigenvalue weighted by Gasteiger charge is -2.41. The van der Waals surface area contributed by atoms with Crippen LogP contribution in [0.4, 0.5) is 11.4 Å². The van der Waals surface area contributed by atoms with Crippen molar-refractivity contribution in [2.45, 2.75) is 203 Å². The molecule has 3 heterocycles. The van der Waals surface area contributed by atoms with Crippen molar-refractivity contribution in [1.29, 1.82) is 0 Å². The van der Waals surface area contributed by atoms with Gasteiger partial charge in [-0.3, -0.25) is 38.4 Å². The zero-order chi connectivity index (χ0) is 61.5. The first-order chi connectivity index (χ1) is 40.0. The Morgan fingerprint density at radius 3 is 2.12 bits per heavy atom. The summed E-state index contributed by atoms with van der Waals surface area (Å²) in [4.78, 5) is 133. The number of imide groups is 1. The van der Waals surface area contributed by atoms with Gasteiger partial charge in [0.2, 0.25) is 41.4 Å². The molecule has 6 bridgehead atoms. The maximum absolute atomic E-state index is 15.0. The third kappa shape index (κ3) is 17.4. The van der Waals surface area contributed by atoms with E-state index in [1.165, 1.54) is 51.1 Å². The maximum Gasteiger partial charge on any atom is 0.326 e. The molecule has 2 saturated heterocycles. The molecule has 4 aliphatic rings. The number of carboxylic acid groups (broad SMARTS) is 1. The van der Waals surface area contributed by atoms with Gasteiger partial charge in [-0.05, 0) is 73.6 Å². The number of amides is 8. The van der Waals surface area contributed by atoms with Gasteiger partial charge in [-0.2, -0.15) is 11.8 Å². The van der Waals surface area contributed by atoms with E-state index in [0.717, 1.165) is 49.0 Å². The molecule has 2 aromatic rings. The Bertz CT molecular complexity index is 2630. The summed E-state index contributed by atoms with van der Waals surface area (Å²) in [6.07, 6.45) is 8.95. The first kappa shape index (κ1) is 67.6. The largest absolute Gasteiger partial charge is 0.480 e. The molecule has 84 heavy (non-hydrogen) atoms. The van der Waals surface area contributed by atoms with E-state index in [1.807, 2.05) is 33.8 Å². The summed E-state index contributed by atoms with van der Waals surface area (Å²) in [7, 11) is 6.09. The number of carbonyl (C=O) groups excluding carboxylic acids is 8. The van der Waals surface area contributed by atoms with E-state index in [9.17, 15) is 48.3 Å². The average Bonchev–Trinajstić information content (AvgIpc) is 4.14. The Labute approximate surface area is 505 Å². The van der Waals surface area contributed by atoms with Crippen LogP contribution in [0.25, 0.3) is 0 Å². The van der Waals surface area contributed by atoms with E-state index >= 15 is 0 Å². The summed E-state index contributed by atoms with van der Waals surface area (Å²) in [5, 5.41) is 18.6. The minimum atomic E-state index is -1.18. The van der Waals surface area contributed by atoms with Crippen LogP contribution in [0, 0.1) is 23.7 Å². The number of carbonyl (C=O) groups is 9. The summed E-state index contributed by atoms with van der Waals surface area (Å²) in [5.74, 6) is -5.94. The van der Waals surface area contributed by atoms with Crippen molar-refractivity contribution in [3.05, 3.63) is 59.7 Å². The Morgan fingerprint density at radius 1 is 0.810 bits per heavy atom. The van der Waals surface area contributed by atoms with Crippen molar-refractivity contribution in [1.82, 2.24) is 25.3 Å². The molecule has 2 aromatic carbocycles. The number of likely N-dealkylation sites (N-methyl/N-ethyl adjacent to an activating group) is 2. The van der Waals surface area contributed by atoms with Gasteiger partial charge in [-0.1, -0.05) is 117 Å². The number of likely N-dealkylation sites (tertiary alicyclic amines) is 1. The van der Waals surface area contributed by atoms with Gasteiger partial charge in [0.05, 0.1) is 47.6 Å². The number of hydrogen-bond acceptors (Lipinski definition) is 13. The van der Waals surface area contributed by atoms with Crippen molar-refractivity contribution in [3.63, 3.8) is 0 Å². The van der Waals surface area contributed by atoms with Gasteiger partial charge in [0.25, 0.3) is 5.91 Å². The lowest BCUT2D eigenvalue weighted by molar-refractivity contribution is -0.148. The number of anilines is 2. The topological polar surface area (TPSA) is 241 Å². The number of aliphatic carboxylic acids is 1. The van der Waals surface area contributed by atoms with Gasteiger partial charge < -0.3 is 45.2 Å². The molecule has 12 atom stereocenters. The molecule has 0 spiro atoms. The third-order valence-corrected chi connectivity index (χ3v) is 20.3. The SMILES string of the molecule is CC[C@H](C)C([C@@H](CC(=O)N1CCC[C@H]1[C@H](OC)[C@@H](C)C(=O)N[C@@H](Cc1ccccc1)C(=O)O)OC)N(C)C(=O)[C@@H](NC(=O)C(C(C)C)N(C)C(=O)c1cc2cc(c1)N1C(=O)CC(SC3CCCCCCCC(C3)SCCC(=O)N2)C1=O)C(C)C. The lowest BCUT2D eigenvalue weighted by atomic mass is 9.89. The van der Waals surface area contributed by atoms with E-state index in [0.29, 0.717) is 36.8 Å². The fourth-order valence-electron chi connectivity index (χ4n) is 12.7. The molecule has 1 saturated carbocycles. The van der Waals surface area contributed by atoms with Crippen molar-refractivity contribution in [2.24, 2.45) is 23.7 Å². The first-order valence-corrected chi connectivity index (χ1v) is 32.3. The minimum Gasteiger partial charge on any atom is -0.480 e.